The number of carbonyl (C=O) groups excluding carboxylic acids is 1. The predicted octanol–water partition coefficient (Wildman–Crippen LogP) is 3.90. The minimum absolute atomic E-state index is 0.0293. The highest BCUT2D eigenvalue weighted by Gasteiger charge is 2.15. The summed E-state index contributed by atoms with van der Waals surface area (Å²) in [6.07, 6.45) is 5.21. The van der Waals surface area contributed by atoms with Crippen LogP contribution in [0.3, 0.4) is 0 Å². The first kappa shape index (κ1) is 18.8. The van der Waals surface area contributed by atoms with Gasteiger partial charge in [-0.25, -0.2) is 0 Å². The van der Waals surface area contributed by atoms with E-state index < -0.39 is 0 Å². The van der Waals surface area contributed by atoms with Crippen LogP contribution in [0.5, 0.6) is 5.75 Å². The van der Waals surface area contributed by atoms with Gasteiger partial charge in [-0.3, -0.25) is 14.3 Å². The molecule has 0 radical (unpaired) electrons. The number of pyridine rings is 1. The Morgan fingerprint density at radius 3 is 2.59 bits per heavy atom. The first-order valence-corrected chi connectivity index (χ1v) is 9.54. The maximum Gasteiger partial charge on any atom is 0.192 e. The highest BCUT2D eigenvalue weighted by molar-refractivity contribution is 7.99. The molecule has 0 saturated carbocycles. The van der Waals surface area contributed by atoms with Crippen molar-refractivity contribution < 1.29 is 9.53 Å². The van der Waals surface area contributed by atoms with Crippen molar-refractivity contribution in [2.75, 3.05) is 12.4 Å². The van der Waals surface area contributed by atoms with Crippen molar-refractivity contribution in [2.45, 2.75) is 18.6 Å². The average molecular weight is 380 g/mol. The largest absolute Gasteiger partial charge is 0.494 e. The summed E-state index contributed by atoms with van der Waals surface area (Å²) >= 11 is 1.37. The molecule has 3 rings (SSSR count). The maximum absolute atomic E-state index is 12.5. The van der Waals surface area contributed by atoms with E-state index in [1.807, 2.05) is 35.8 Å². The van der Waals surface area contributed by atoms with Crippen LogP contribution in [0.2, 0.25) is 0 Å². The van der Waals surface area contributed by atoms with E-state index >= 15 is 0 Å². The number of ketones is 1. The zero-order valence-corrected chi connectivity index (χ0v) is 15.9. The molecule has 2 aromatic heterocycles. The van der Waals surface area contributed by atoms with Gasteiger partial charge in [0.2, 0.25) is 0 Å². The fourth-order valence-corrected chi connectivity index (χ4v) is 3.36. The Labute approximate surface area is 162 Å². The molecule has 0 N–H and O–H groups in total. The number of carbonyl (C=O) groups is 1. The molecule has 0 fully saturated rings. The van der Waals surface area contributed by atoms with Crippen LogP contribution in [-0.2, 0) is 6.54 Å². The molecule has 1 aromatic carbocycles. The van der Waals surface area contributed by atoms with Crippen molar-refractivity contribution in [1.82, 2.24) is 19.7 Å². The van der Waals surface area contributed by atoms with E-state index in [0.29, 0.717) is 23.9 Å². The van der Waals surface area contributed by atoms with E-state index in [1.54, 1.807) is 30.6 Å². The van der Waals surface area contributed by atoms with Crippen LogP contribution < -0.4 is 4.74 Å². The fraction of sp³-hybridized carbons (Fsp3) is 0.200. The molecule has 0 unspecified atom stereocenters. The van der Waals surface area contributed by atoms with Crippen molar-refractivity contribution in [3.8, 4) is 17.1 Å². The van der Waals surface area contributed by atoms with Gasteiger partial charge in [-0.05, 0) is 43.3 Å². The van der Waals surface area contributed by atoms with Gasteiger partial charge in [0.1, 0.15) is 5.75 Å². The summed E-state index contributed by atoms with van der Waals surface area (Å²) in [6.45, 7) is 6.89. The number of Topliss-reactive ketones (excluding diaryl/α,β-unsaturated/α-hetero) is 1. The molecule has 6 nitrogen and oxygen atoms in total. The molecule has 3 aromatic rings. The molecule has 0 atom stereocenters. The van der Waals surface area contributed by atoms with Crippen molar-refractivity contribution in [3.05, 3.63) is 67.0 Å². The van der Waals surface area contributed by atoms with Gasteiger partial charge < -0.3 is 4.74 Å². The van der Waals surface area contributed by atoms with Crippen molar-refractivity contribution >= 4 is 17.5 Å². The average Bonchev–Trinajstić information content (AvgIpc) is 3.10. The smallest absolute Gasteiger partial charge is 0.192 e. The van der Waals surface area contributed by atoms with Gasteiger partial charge in [0.05, 0.1) is 12.4 Å². The van der Waals surface area contributed by atoms with Gasteiger partial charge in [-0.2, -0.15) is 0 Å². The molecule has 0 spiro atoms. The number of benzene rings is 1. The summed E-state index contributed by atoms with van der Waals surface area (Å²) < 4.78 is 7.35. The quantitative estimate of drug-likeness (QED) is 0.319. The molecule has 0 bridgehead atoms. The number of hydrogen-bond acceptors (Lipinski definition) is 6. The van der Waals surface area contributed by atoms with Crippen molar-refractivity contribution in [3.63, 3.8) is 0 Å². The van der Waals surface area contributed by atoms with Crippen LogP contribution in [0.4, 0.5) is 0 Å². The standard InChI is InChI=1S/C20H20N4O2S/c1-3-13-24-19(16-9-11-21-12-10-16)22-23-20(24)27-14-18(25)15-5-7-17(8-6-15)26-4-2/h3,5-12H,1,4,13-14H2,2H3. The Hall–Kier alpha value is -2.93. The highest BCUT2D eigenvalue weighted by atomic mass is 32.2. The molecule has 0 saturated heterocycles. The Bertz CT molecular complexity index is 907. The number of rotatable bonds is 9. The van der Waals surface area contributed by atoms with E-state index in [9.17, 15) is 4.79 Å². The molecule has 0 aliphatic rings. The van der Waals surface area contributed by atoms with Gasteiger partial charge in [0.15, 0.2) is 16.8 Å². The summed E-state index contributed by atoms with van der Waals surface area (Å²) in [7, 11) is 0. The molecule has 0 aliphatic heterocycles. The number of nitrogens with zero attached hydrogens (tertiary/aromatic N) is 4. The summed E-state index contributed by atoms with van der Waals surface area (Å²) in [6, 6.07) is 10.9. The van der Waals surface area contributed by atoms with Gasteiger partial charge in [-0.1, -0.05) is 17.8 Å². The molecule has 2 heterocycles. The third kappa shape index (κ3) is 4.62. The van der Waals surface area contributed by atoms with Gasteiger partial charge >= 0.3 is 0 Å². The van der Waals surface area contributed by atoms with Crippen LogP contribution >= 0.6 is 11.8 Å². The summed E-state index contributed by atoms with van der Waals surface area (Å²) in [4.78, 5) is 16.5. The zero-order chi connectivity index (χ0) is 19.1. The lowest BCUT2D eigenvalue weighted by atomic mass is 10.1. The first-order chi connectivity index (χ1) is 13.2. The topological polar surface area (TPSA) is 69.9 Å². The number of ether oxygens (including phenoxy) is 1. The predicted molar refractivity (Wildman–Crippen MR) is 106 cm³/mol. The minimum atomic E-state index is 0.0293. The molecule has 27 heavy (non-hydrogen) atoms. The monoisotopic (exact) mass is 380 g/mol. The molecular formula is C20H20N4O2S. The number of allylic oxidation sites excluding steroid dienone is 1. The van der Waals surface area contributed by atoms with Crippen LogP contribution in [-0.4, -0.2) is 37.9 Å². The van der Waals surface area contributed by atoms with Crippen LogP contribution in [0.1, 0.15) is 17.3 Å². The Morgan fingerprint density at radius 2 is 1.93 bits per heavy atom. The third-order valence-corrected chi connectivity index (χ3v) is 4.75. The van der Waals surface area contributed by atoms with Crippen LogP contribution in [0.25, 0.3) is 11.4 Å². The van der Waals surface area contributed by atoms with E-state index in [-0.39, 0.29) is 11.5 Å². The van der Waals surface area contributed by atoms with E-state index in [2.05, 4.69) is 21.8 Å². The second-order valence-corrected chi connectivity index (χ2v) is 6.55. The molecule has 138 valence electrons. The van der Waals surface area contributed by atoms with E-state index in [0.717, 1.165) is 17.1 Å². The molecular weight excluding hydrogens is 360 g/mol. The van der Waals surface area contributed by atoms with Gasteiger partial charge in [0, 0.05) is 30.1 Å². The highest BCUT2D eigenvalue weighted by Crippen LogP contribution is 2.24. The first-order valence-electron chi connectivity index (χ1n) is 8.56. The second kappa shape index (κ2) is 9.14. The van der Waals surface area contributed by atoms with Crippen LogP contribution in [0, 0.1) is 0 Å². The van der Waals surface area contributed by atoms with Gasteiger partial charge in [-0.15, -0.1) is 16.8 Å². The molecule has 0 aliphatic carbocycles. The normalized spacial score (nSPS) is 10.6. The van der Waals surface area contributed by atoms with Crippen molar-refractivity contribution in [1.29, 1.82) is 0 Å². The van der Waals surface area contributed by atoms with Crippen molar-refractivity contribution in [2.24, 2.45) is 0 Å². The fourth-order valence-electron chi connectivity index (χ4n) is 2.52. The lowest BCUT2D eigenvalue weighted by Crippen LogP contribution is -2.05. The third-order valence-electron chi connectivity index (χ3n) is 3.79. The Balaban J connectivity index is 1.73. The minimum Gasteiger partial charge on any atom is -0.494 e. The maximum atomic E-state index is 12.5. The number of hydrogen-bond donors (Lipinski definition) is 0. The Kier molecular flexibility index (Phi) is 6.38. The zero-order valence-electron chi connectivity index (χ0n) is 15.0. The lowest BCUT2D eigenvalue weighted by molar-refractivity contribution is 0.102. The van der Waals surface area contributed by atoms with Crippen LogP contribution in [0.15, 0.2) is 66.6 Å². The SMILES string of the molecule is C=CCn1c(SCC(=O)c2ccc(OCC)cc2)nnc1-c1ccncc1. The summed E-state index contributed by atoms with van der Waals surface area (Å²) in [5.74, 6) is 1.80. The molecule has 7 heteroatoms. The van der Waals surface area contributed by atoms with Gasteiger partial charge in [0.25, 0.3) is 0 Å². The number of thioether (sulfide) groups is 1. The summed E-state index contributed by atoms with van der Waals surface area (Å²) in [5, 5.41) is 9.21. The van der Waals surface area contributed by atoms with E-state index in [1.165, 1.54) is 11.8 Å². The molecule has 0 amide bonds. The number of aromatic nitrogens is 4. The lowest BCUT2D eigenvalue weighted by Gasteiger charge is -2.08. The Morgan fingerprint density at radius 1 is 1.19 bits per heavy atom. The summed E-state index contributed by atoms with van der Waals surface area (Å²) in [5.41, 5.74) is 1.57. The second-order valence-electron chi connectivity index (χ2n) is 5.61. The van der Waals surface area contributed by atoms with E-state index in [4.69, 9.17) is 4.74 Å².